The second kappa shape index (κ2) is 8.52. The van der Waals surface area contributed by atoms with Crippen LogP contribution >= 0.6 is 11.8 Å². The highest BCUT2D eigenvalue weighted by Gasteiger charge is 2.30. The summed E-state index contributed by atoms with van der Waals surface area (Å²) >= 11 is 1.32. The first-order valence-electron chi connectivity index (χ1n) is 11.1. The van der Waals surface area contributed by atoms with E-state index in [4.69, 9.17) is 4.98 Å². The number of fused-ring (bicyclic) bond motifs is 2. The van der Waals surface area contributed by atoms with Gasteiger partial charge in [0.1, 0.15) is 0 Å². The highest BCUT2D eigenvalue weighted by molar-refractivity contribution is 7.99. The second-order valence-electron chi connectivity index (χ2n) is 8.51. The van der Waals surface area contributed by atoms with E-state index in [9.17, 15) is 9.59 Å². The van der Waals surface area contributed by atoms with Crippen molar-refractivity contribution in [2.45, 2.75) is 38.4 Å². The lowest BCUT2D eigenvalue weighted by atomic mass is 10.1. The Kier molecular flexibility index (Phi) is 5.54. The van der Waals surface area contributed by atoms with Crippen LogP contribution < -0.4 is 10.5 Å². The molecule has 3 aromatic carbocycles. The van der Waals surface area contributed by atoms with Gasteiger partial charge in [0.05, 0.1) is 22.3 Å². The number of aromatic nitrogens is 2. The molecule has 0 bridgehead atoms. The van der Waals surface area contributed by atoms with Crippen molar-refractivity contribution in [1.82, 2.24) is 9.55 Å². The molecule has 5 rings (SSSR count). The van der Waals surface area contributed by atoms with Crippen molar-refractivity contribution in [3.8, 4) is 5.69 Å². The van der Waals surface area contributed by atoms with Gasteiger partial charge in [0, 0.05) is 11.7 Å². The Hall–Kier alpha value is -3.38. The summed E-state index contributed by atoms with van der Waals surface area (Å²) < 4.78 is 1.66. The summed E-state index contributed by atoms with van der Waals surface area (Å²) in [6.07, 6.45) is 0.855. The van der Waals surface area contributed by atoms with Crippen LogP contribution in [0.4, 0.5) is 5.69 Å². The van der Waals surface area contributed by atoms with Crippen molar-refractivity contribution in [3.63, 3.8) is 0 Å². The van der Waals surface area contributed by atoms with Gasteiger partial charge in [-0.15, -0.1) is 0 Å². The lowest BCUT2D eigenvalue weighted by Gasteiger charge is -2.23. The van der Waals surface area contributed by atoms with Crippen LogP contribution in [0, 0.1) is 13.8 Å². The molecule has 2 heterocycles. The van der Waals surface area contributed by atoms with Crippen LogP contribution in [0.3, 0.4) is 0 Å². The third-order valence-corrected chi connectivity index (χ3v) is 7.29. The van der Waals surface area contributed by atoms with Gasteiger partial charge in [-0.2, -0.15) is 0 Å². The molecule has 1 unspecified atom stereocenters. The Morgan fingerprint density at radius 3 is 2.58 bits per heavy atom. The average Bonchev–Trinajstić information content (AvgIpc) is 3.15. The van der Waals surface area contributed by atoms with E-state index in [1.807, 2.05) is 73.3 Å². The number of hydrogen-bond donors (Lipinski definition) is 0. The second-order valence-corrected chi connectivity index (χ2v) is 9.45. The molecule has 1 aliphatic rings. The smallest absolute Gasteiger partial charge is 0.266 e. The summed E-state index contributed by atoms with van der Waals surface area (Å²) in [4.78, 5) is 33.5. The highest BCUT2D eigenvalue weighted by Crippen LogP contribution is 2.33. The zero-order chi connectivity index (χ0) is 23.1. The number of para-hydroxylation sites is 2. The molecule has 4 aromatic rings. The van der Waals surface area contributed by atoms with Gasteiger partial charge >= 0.3 is 0 Å². The monoisotopic (exact) mass is 455 g/mol. The molecule has 1 amide bonds. The van der Waals surface area contributed by atoms with E-state index in [2.05, 4.69) is 13.0 Å². The minimum Gasteiger partial charge on any atom is -0.308 e. The number of nitrogens with zero attached hydrogens (tertiary/aromatic N) is 3. The van der Waals surface area contributed by atoms with Gasteiger partial charge in [0.2, 0.25) is 5.91 Å². The van der Waals surface area contributed by atoms with Gasteiger partial charge in [0.15, 0.2) is 5.16 Å². The Morgan fingerprint density at radius 2 is 1.73 bits per heavy atom. The molecule has 5 nitrogen and oxygen atoms in total. The largest absolute Gasteiger partial charge is 0.308 e. The van der Waals surface area contributed by atoms with Crippen LogP contribution in [-0.4, -0.2) is 27.3 Å². The summed E-state index contributed by atoms with van der Waals surface area (Å²) in [7, 11) is 0. The molecule has 1 atom stereocenters. The van der Waals surface area contributed by atoms with E-state index in [1.165, 1.54) is 17.3 Å². The van der Waals surface area contributed by atoms with Crippen LogP contribution in [0.15, 0.2) is 76.7 Å². The van der Waals surface area contributed by atoms with E-state index in [0.717, 1.165) is 28.9 Å². The van der Waals surface area contributed by atoms with Crippen molar-refractivity contribution < 1.29 is 4.79 Å². The van der Waals surface area contributed by atoms with Crippen molar-refractivity contribution in [2.24, 2.45) is 0 Å². The predicted molar refractivity (Wildman–Crippen MR) is 135 cm³/mol. The summed E-state index contributed by atoms with van der Waals surface area (Å²) in [5, 5.41) is 1.09. The molecule has 0 fully saturated rings. The Morgan fingerprint density at radius 1 is 1.00 bits per heavy atom. The summed E-state index contributed by atoms with van der Waals surface area (Å²) in [6, 6.07) is 21.4. The minimum atomic E-state index is -0.121. The molecule has 0 aliphatic carbocycles. The fourth-order valence-electron chi connectivity index (χ4n) is 4.54. The fourth-order valence-corrected chi connectivity index (χ4v) is 5.41. The van der Waals surface area contributed by atoms with Gasteiger partial charge in [0.25, 0.3) is 5.56 Å². The maximum atomic E-state index is 13.5. The molecule has 1 aliphatic heterocycles. The number of carbonyl (C=O) groups is 1. The number of aryl methyl sites for hydroxylation is 1. The van der Waals surface area contributed by atoms with E-state index in [-0.39, 0.29) is 23.3 Å². The van der Waals surface area contributed by atoms with Gasteiger partial charge < -0.3 is 4.90 Å². The molecule has 0 N–H and O–H groups in total. The van der Waals surface area contributed by atoms with Crippen molar-refractivity contribution in [1.29, 1.82) is 0 Å². The number of amides is 1. The highest BCUT2D eigenvalue weighted by atomic mass is 32.2. The Bertz CT molecular complexity index is 1440. The van der Waals surface area contributed by atoms with Crippen molar-refractivity contribution in [2.75, 3.05) is 10.7 Å². The van der Waals surface area contributed by atoms with Crippen molar-refractivity contribution in [3.05, 3.63) is 93.8 Å². The lowest BCUT2D eigenvalue weighted by molar-refractivity contribution is -0.116. The fraction of sp³-hybridized carbons (Fsp3) is 0.222. The molecule has 6 heteroatoms. The van der Waals surface area contributed by atoms with E-state index in [1.54, 1.807) is 10.6 Å². The third kappa shape index (κ3) is 3.74. The molecule has 0 spiro atoms. The minimum absolute atomic E-state index is 0.0207. The maximum absolute atomic E-state index is 13.5. The SMILES string of the molecule is Cc1cccc(-n2c(SCC(=O)N3c4ccccc4CC3C)nc3ccccc3c2=O)c1C. The molecule has 1 aromatic heterocycles. The van der Waals surface area contributed by atoms with Gasteiger partial charge in [-0.25, -0.2) is 4.98 Å². The number of hydrogen-bond acceptors (Lipinski definition) is 4. The van der Waals surface area contributed by atoms with Gasteiger partial charge in [-0.3, -0.25) is 14.2 Å². The number of benzene rings is 3. The number of anilines is 1. The van der Waals surface area contributed by atoms with E-state index in [0.29, 0.717) is 16.1 Å². The first kappa shape index (κ1) is 21.5. The van der Waals surface area contributed by atoms with Crippen LogP contribution in [0.1, 0.15) is 23.6 Å². The molecular weight excluding hydrogens is 430 g/mol. The molecule has 0 saturated heterocycles. The van der Waals surface area contributed by atoms with Crippen LogP contribution in [0.5, 0.6) is 0 Å². The van der Waals surface area contributed by atoms with Gasteiger partial charge in [-0.1, -0.05) is 54.2 Å². The lowest BCUT2D eigenvalue weighted by Crippen LogP contribution is -2.37. The van der Waals surface area contributed by atoms with Gasteiger partial charge in [-0.05, 0) is 68.1 Å². The maximum Gasteiger partial charge on any atom is 0.266 e. The van der Waals surface area contributed by atoms with Crippen LogP contribution in [0.2, 0.25) is 0 Å². The van der Waals surface area contributed by atoms with E-state index < -0.39 is 0 Å². The first-order valence-corrected chi connectivity index (χ1v) is 12.1. The summed E-state index contributed by atoms with van der Waals surface area (Å²) in [6.45, 7) is 6.11. The average molecular weight is 456 g/mol. The molecule has 166 valence electrons. The van der Waals surface area contributed by atoms with Crippen LogP contribution in [-0.2, 0) is 11.2 Å². The predicted octanol–water partition coefficient (Wildman–Crippen LogP) is 5.07. The molecular formula is C27H25N3O2S. The molecule has 0 radical (unpaired) electrons. The molecule has 0 saturated carbocycles. The Labute approximate surface area is 197 Å². The zero-order valence-electron chi connectivity index (χ0n) is 18.9. The standard InChI is InChI=1S/C27H25N3O2S/c1-17-9-8-14-23(19(17)3)30-26(32)21-11-5-6-12-22(21)28-27(30)33-16-25(31)29-18(2)15-20-10-4-7-13-24(20)29/h4-14,18H,15-16H2,1-3H3. The van der Waals surface area contributed by atoms with Crippen LogP contribution in [0.25, 0.3) is 16.6 Å². The Balaban J connectivity index is 1.55. The topological polar surface area (TPSA) is 55.2 Å². The number of carbonyl (C=O) groups excluding carboxylic acids is 1. The quantitative estimate of drug-likeness (QED) is 0.318. The summed E-state index contributed by atoms with van der Waals surface area (Å²) in [5.41, 5.74) is 5.61. The number of rotatable bonds is 4. The summed E-state index contributed by atoms with van der Waals surface area (Å²) in [5.74, 6) is 0.223. The third-order valence-electron chi connectivity index (χ3n) is 6.36. The van der Waals surface area contributed by atoms with E-state index >= 15 is 0 Å². The zero-order valence-corrected chi connectivity index (χ0v) is 19.7. The molecule has 33 heavy (non-hydrogen) atoms. The number of thioether (sulfide) groups is 1. The van der Waals surface area contributed by atoms with Crippen molar-refractivity contribution >= 4 is 34.3 Å². The normalized spacial score (nSPS) is 15.1. The first-order chi connectivity index (χ1) is 16.0.